The maximum absolute atomic E-state index is 12.2. The highest BCUT2D eigenvalue weighted by molar-refractivity contribution is 6.08. The molecule has 1 aromatic carbocycles. The number of nitrogens with zero attached hydrogens (tertiary/aromatic N) is 1. The van der Waals surface area contributed by atoms with Crippen molar-refractivity contribution in [2.24, 2.45) is 0 Å². The van der Waals surface area contributed by atoms with Gasteiger partial charge in [-0.1, -0.05) is 0 Å². The van der Waals surface area contributed by atoms with Crippen molar-refractivity contribution in [3.8, 4) is 0 Å². The van der Waals surface area contributed by atoms with Gasteiger partial charge in [0.25, 0.3) is 0 Å². The zero-order valence-corrected chi connectivity index (χ0v) is 10.6. The Hall–Kier alpha value is -2.36. The summed E-state index contributed by atoms with van der Waals surface area (Å²) in [6.45, 7) is 0. The highest BCUT2D eigenvalue weighted by Crippen LogP contribution is 2.28. The minimum atomic E-state index is -0.132. The lowest BCUT2D eigenvalue weighted by Crippen LogP contribution is -2.31. The van der Waals surface area contributed by atoms with Crippen LogP contribution in [0.2, 0.25) is 0 Å². The summed E-state index contributed by atoms with van der Waals surface area (Å²) >= 11 is 0. The summed E-state index contributed by atoms with van der Waals surface area (Å²) < 4.78 is 5.12. The molecule has 3 rings (SSSR count). The second kappa shape index (κ2) is 4.39. The third-order valence-electron chi connectivity index (χ3n) is 3.43. The quantitative estimate of drug-likeness (QED) is 0.774. The Labute approximate surface area is 110 Å². The van der Waals surface area contributed by atoms with E-state index in [1.807, 2.05) is 12.1 Å². The summed E-state index contributed by atoms with van der Waals surface area (Å²) in [5.74, 6) is 0.310. The zero-order chi connectivity index (χ0) is 13.4. The van der Waals surface area contributed by atoms with Gasteiger partial charge in [-0.3, -0.25) is 9.59 Å². The molecule has 19 heavy (non-hydrogen) atoms. The van der Waals surface area contributed by atoms with Crippen molar-refractivity contribution in [3.05, 3.63) is 53.5 Å². The van der Waals surface area contributed by atoms with E-state index < -0.39 is 0 Å². The number of aryl methyl sites for hydroxylation is 1. The molecule has 0 bridgehead atoms. The Morgan fingerprint density at radius 2 is 2.11 bits per heavy atom. The van der Waals surface area contributed by atoms with Gasteiger partial charge in [-0.2, -0.15) is 0 Å². The molecule has 0 saturated carbocycles. The van der Waals surface area contributed by atoms with Gasteiger partial charge >= 0.3 is 0 Å². The van der Waals surface area contributed by atoms with Crippen molar-refractivity contribution in [3.63, 3.8) is 0 Å². The van der Waals surface area contributed by atoms with Crippen LogP contribution in [0.3, 0.4) is 0 Å². The first-order chi connectivity index (χ1) is 9.16. The molecule has 0 fully saturated rings. The normalized spacial score (nSPS) is 14.4. The molecule has 0 spiro atoms. The number of benzene rings is 1. The average molecular weight is 255 g/mol. The van der Waals surface area contributed by atoms with Gasteiger partial charge in [-0.25, -0.2) is 0 Å². The molecule has 2 aromatic rings. The van der Waals surface area contributed by atoms with E-state index in [2.05, 4.69) is 0 Å². The first kappa shape index (κ1) is 11.7. The zero-order valence-electron chi connectivity index (χ0n) is 10.6. The lowest BCUT2D eigenvalue weighted by molar-refractivity contribution is -0.118. The summed E-state index contributed by atoms with van der Waals surface area (Å²) in [5, 5.41) is 0. The number of hydrogen-bond acceptors (Lipinski definition) is 3. The van der Waals surface area contributed by atoms with Gasteiger partial charge < -0.3 is 9.32 Å². The first-order valence-electron chi connectivity index (χ1n) is 6.14. The molecule has 1 aromatic heterocycles. The molecule has 96 valence electrons. The predicted octanol–water partition coefficient (Wildman–Crippen LogP) is 2.42. The number of rotatable bonds is 2. The van der Waals surface area contributed by atoms with Crippen LogP contribution in [0.5, 0.6) is 0 Å². The van der Waals surface area contributed by atoms with Crippen LogP contribution in [0, 0.1) is 0 Å². The van der Waals surface area contributed by atoms with Crippen molar-refractivity contribution in [1.29, 1.82) is 0 Å². The van der Waals surface area contributed by atoms with Crippen LogP contribution in [0.4, 0.5) is 5.69 Å². The van der Waals surface area contributed by atoms with Crippen molar-refractivity contribution in [2.75, 3.05) is 11.9 Å². The van der Waals surface area contributed by atoms with E-state index in [4.69, 9.17) is 4.42 Å². The van der Waals surface area contributed by atoms with Gasteiger partial charge in [0.2, 0.25) is 11.7 Å². The summed E-state index contributed by atoms with van der Waals surface area (Å²) in [4.78, 5) is 25.4. The lowest BCUT2D eigenvalue weighted by atomic mass is 9.97. The van der Waals surface area contributed by atoms with Crippen LogP contribution >= 0.6 is 0 Å². The molecule has 0 radical (unpaired) electrons. The molecular weight excluding hydrogens is 242 g/mol. The molecule has 0 N–H and O–H groups in total. The Balaban J connectivity index is 1.98. The molecule has 0 unspecified atom stereocenters. The predicted molar refractivity (Wildman–Crippen MR) is 70.3 cm³/mol. The fraction of sp³-hybridized carbons (Fsp3) is 0.200. The van der Waals surface area contributed by atoms with E-state index in [-0.39, 0.29) is 11.7 Å². The number of carbonyl (C=O) groups is 2. The van der Waals surface area contributed by atoms with Crippen LogP contribution in [-0.4, -0.2) is 18.7 Å². The van der Waals surface area contributed by atoms with E-state index in [9.17, 15) is 9.59 Å². The molecule has 1 aliphatic rings. The smallest absolute Gasteiger partial charge is 0.228 e. The molecule has 2 heterocycles. The van der Waals surface area contributed by atoms with Crippen molar-refractivity contribution in [2.45, 2.75) is 12.8 Å². The number of amides is 1. The topological polar surface area (TPSA) is 50.5 Å². The standard InChI is InChI=1S/C15H13NO3/c1-16-12-6-4-11(9-10(12)5-7-14(16)17)15(18)13-3-2-8-19-13/h2-4,6,8-9H,5,7H2,1H3. The number of furan rings is 1. The minimum Gasteiger partial charge on any atom is -0.461 e. The van der Waals surface area contributed by atoms with Gasteiger partial charge in [0.15, 0.2) is 5.76 Å². The molecule has 4 nitrogen and oxygen atoms in total. The van der Waals surface area contributed by atoms with Gasteiger partial charge in [0.05, 0.1) is 6.26 Å². The second-order valence-electron chi connectivity index (χ2n) is 4.60. The van der Waals surface area contributed by atoms with Gasteiger partial charge in [0, 0.05) is 24.7 Å². The summed E-state index contributed by atoms with van der Waals surface area (Å²) in [6.07, 6.45) is 2.65. The van der Waals surface area contributed by atoms with E-state index in [0.29, 0.717) is 24.2 Å². The van der Waals surface area contributed by atoms with E-state index in [0.717, 1.165) is 11.3 Å². The third-order valence-corrected chi connectivity index (χ3v) is 3.43. The SMILES string of the molecule is CN1C(=O)CCc2cc(C(=O)c3ccco3)ccc21. The van der Waals surface area contributed by atoms with Crippen LogP contribution < -0.4 is 4.90 Å². The van der Waals surface area contributed by atoms with Crippen LogP contribution in [0.25, 0.3) is 0 Å². The molecule has 4 heteroatoms. The Kier molecular flexibility index (Phi) is 2.71. The fourth-order valence-corrected chi connectivity index (χ4v) is 2.35. The molecular formula is C15H13NO3. The Bertz CT molecular complexity index is 643. The average Bonchev–Trinajstić information content (AvgIpc) is 2.96. The molecule has 0 aliphatic carbocycles. The second-order valence-corrected chi connectivity index (χ2v) is 4.60. The van der Waals surface area contributed by atoms with Crippen molar-refractivity contribution in [1.82, 2.24) is 0 Å². The lowest BCUT2D eigenvalue weighted by Gasteiger charge is -2.25. The van der Waals surface area contributed by atoms with Gasteiger partial charge in [-0.05, 0) is 42.3 Å². The Morgan fingerprint density at radius 1 is 1.26 bits per heavy atom. The third kappa shape index (κ3) is 1.95. The monoisotopic (exact) mass is 255 g/mol. The fourth-order valence-electron chi connectivity index (χ4n) is 2.35. The minimum absolute atomic E-state index is 0.109. The molecule has 1 amide bonds. The maximum Gasteiger partial charge on any atom is 0.228 e. The summed E-state index contributed by atoms with van der Waals surface area (Å²) in [5.41, 5.74) is 2.50. The van der Waals surface area contributed by atoms with Gasteiger partial charge in [0.1, 0.15) is 0 Å². The van der Waals surface area contributed by atoms with Crippen LogP contribution in [0.15, 0.2) is 41.0 Å². The number of fused-ring (bicyclic) bond motifs is 1. The van der Waals surface area contributed by atoms with Crippen LogP contribution in [0.1, 0.15) is 28.1 Å². The number of hydrogen-bond donors (Lipinski definition) is 0. The summed E-state index contributed by atoms with van der Waals surface area (Å²) in [6, 6.07) is 8.75. The van der Waals surface area contributed by atoms with E-state index in [1.54, 1.807) is 30.1 Å². The number of ketones is 1. The number of anilines is 1. The largest absolute Gasteiger partial charge is 0.461 e. The molecule has 0 atom stereocenters. The van der Waals surface area contributed by atoms with Crippen molar-refractivity contribution < 1.29 is 14.0 Å². The van der Waals surface area contributed by atoms with Gasteiger partial charge in [-0.15, -0.1) is 0 Å². The highest BCUT2D eigenvalue weighted by atomic mass is 16.3. The molecule has 0 saturated heterocycles. The molecule has 1 aliphatic heterocycles. The highest BCUT2D eigenvalue weighted by Gasteiger charge is 2.22. The first-order valence-corrected chi connectivity index (χ1v) is 6.14. The van der Waals surface area contributed by atoms with E-state index >= 15 is 0 Å². The van der Waals surface area contributed by atoms with Crippen LogP contribution in [-0.2, 0) is 11.2 Å². The summed E-state index contributed by atoms with van der Waals surface area (Å²) in [7, 11) is 1.76. The number of carbonyl (C=O) groups excluding carboxylic acids is 2. The Morgan fingerprint density at radius 3 is 2.84 bits per heavy atom. The van der Waals surface area contributed by atoms with E-state index in [1.165, 1.54) is 6.26 Å². The van der Waals surface area contributed by atoms with Crippen molar-refractivity contribution >= 4 is 17.4 Å². The maximum atomic E-state index is 12.2.